The number of benzene rings is 2. The van der Waals surface area contributed by atoms with E-state index in [1.165, 1.54) is 5.69 Å². The average Bonchev–Trinajstić information content (AvgIpc) is 3.02. The van der Waals surface area contributed by atoms with Crippen molar-refractivity contribution in [2.24, 2.45) is 5.92 Å². The molecule has 0 aliphatic carbocycles. The first-order chi connectivity index (χ1) is 17.0. The van der Waals surface area contributed by atoms with Crippen molar-refractivity contribution in [2.45, 2.75) is 19.4 Å². The second-order valence-corrected chi connectivity index (χ2v) is 9.87. The van der Waals surface area contributed by atoms with Gasteiger partial charge in [-0.25, -0.2) is 0 Å². The molecule has 0 bridgehead atoms. The van der Waals surface area contributed by atoms with E-state index in [4.69, 9.17) is 23.2 Å². The van der Waals surface area contributed by atoms with Gasteiger partial charge in [-0.05, 0) is 60.7 Å². The molecule has 5 rings (SSSR count). The number of rotatable bonds is 4. The van der Waals surface area contributed by atoms with Crippen LogP contribution < -0.4 is 9.80 Å². The van der Waals surface area contributed by atoms with E-state index < -0.39 is 0 Å². The highest BCUT2D eigenvalue weighted by atomic mass is 35.5. The monoisotopic (exact) mass is 508 g/mol. The van der Waals surface area contributed by atoms with Crippen molar-refractivity contribution in [1.82, 2.24) is 9.88 Å². The number of anilines is 2. The third-order valence-electron chi connectivity index (χ3n) is 6.81. The molecule has 0 spiro atoms. The molecule has 6 nitrogen and oxygen atoms in total. The Kier molecular flexibility index (Phi) is 6.93. The second-order valence-electron chi connectivity index (χ2n) is 9.06. The number of amides is 2. The molecule has 0 radical (unpaired) electrons. The summed E-state index contributed by atoms with van der Waals surface area (Å²) >= 11 is 12.2. The largest absolute Gasteiger partial charge is 0.371 e. The number of piperidine rings is 1. The van der Waals surface area contributed by atoms with Crippen LogP contribution in [0.15, 0.2) is 67.0 Å². The maximum absolute atomic E-state index is 13.5. The molecular weight excluding hydrogens is 483 g/mol. The van der Waals surface area contributed by atoms with E-state index in [1.807, 2.05) is 53.7 Å². The highest BCUT2D eigenvalue weighted by Gasteiger charge is 2.31. The van der Waals surface area contributed by atoms with Crippen LogP contribution in [-0.2, 0) is 11.3 Å². The summed E-state index contributed by atoms with van der Waals surface area (Å²) in [6, 6.07) is 16.7. The van der Waals surface area contributed by atoms with Crippen molar-refractivity contribution in [3.8, 4) is 0 Å². The number of aromatic nitrogens is 1. The van der Waals surface area contributed by atoms with E-state index in [0.717, 1.165) is 37.2 Å². The third kappa shape index (κ3) is 5.14. The first-order valence-electron chi connectivity index (χ1n) is 11.8. The van der Waals surface area contributed by atoms with Gasteiger partial charge in [-0.2, -0.15) is 0 Å². The van der Waals surface area contributed by atoms with E-state index in [-0.39, 0.29) is 18.4 Å². The summed E-state index contributed by atoms with van der Waals surface area (Å²) in [5.74, 6) is 0.0848. The Labute approximate surface area is 215 Å². The molecule has 3 heterocycles. The topological polar surface area (TPSA) is 56.8 Å². The number of hydrogen-bond donors (Lipinski definition) is 0. The number of carbonyl (C=O) groups is 2. The van der Waals surface area contributed by atoms with Crippen LogP contribution in [0, 0.1) is 5.92 Å². The van der Waals surface area contributed by atoms with E-state index >= 15 is 0 Å². The van der Waals surface area contributed by atoms with E-state index in [1.54, 1.807) is 23.1 Å². The molecule has 0 atom stereocenters. The fourth-order valence-electron chi connectivity index (χ4n) is 4.89. The van der Waals surface area contributed by atoms with E-state index in [0.29, 0.717) is 34.6 Å². The highest BCUT2D eigenvalue weighted by Crippen LogP contribution is 2.31. The van der Waals surface area contributed by atoms with Gasteiger partial charge in [0.15, 0.2) is 0 Å². The summed E-state index contributed by atoms with van der Waals surface area (Å²) < 4.78 is 0. The summed E-state index contributed by atoms with van der Waals surface area (Å²) in [6.45, 7) is 2.91. The Morgan fingerprint density at radius 1 is 0.943 bits per heavy atom. The Bertz CT molecular complexity index is 1230. The zero-order chi connectivity index (χ0) is 24.4. The minimum absolute atomic E-state index is 0.0175. The SMILES string of the molecule is O=C(c1ccc(Cl)c(Cl)c1)N1CC(=O)N(CC2CCN(c3ccncc3)CC2)c2ccccc2C1. The summed E-state index contributed by atoms with van der Waals surface area (Å²) in [5, 5.41) is 0.709. The number of hydrogen-bond acceptors (Lipinski definition) is 4. The zero-order valence-electron chi connectivity index (χ0n) is 19.2. The van der Waals surface area contributed by atoms with Gasteiger partial charge in [0.25, 0.3) is 5.91 Å². The standard InChI is InChI=1S/C27H26Cl2N4O2/c28-23-6-5-20(15-24(23)29)27(35)32-17-21-3-1-2-4-25(21)33(26(34)18-32)16-19-9-13-31(14-10-19)22-7-11-30-12-8-22/h1-8,11-12,15,19H,9-10,13-14,16-18H2. The normalized spacial score (nSPS) is 16.7. The highest BCUT2D eigenvalue weighted by molar-refractivity contribution is 6.42. The number of halogens is 2. The molecule has 1 aromatic heterocycles. The van der Waals surface area contributed by atoms with E-state index in [9.17, 15) is 9.59 Å². The van der Waals surface area contributed by atoms with Gasteiger partial charge in [-0.15, -0.1) is 0 Å². The number of para-hydroxylation sites is 1. The number of fused-ring (bicyclic) bond motifs is 1. The lowest BCUT2D eigenvalue weighted by Crippen LogP contribution is -2.44. The Hall–Kier alpha value is -3.09. The van der Waals surface area contributed by atoms with Crippen LogP contribution >= 0.6 is 23.2 Å². The molecule has 0 saturated carbocycles. The van der Waals surface area contributed by atoms with Crippen molar-refractivity contribution >= 4 is 46.4 Å². The quantitative estimate of drug-likeness (QED) is 0.480. The summed E-state index contributed by atoms with van der Waals surface area (Å²) in [4.78, 5) is 36.7. The Morgan fingerprint density at radius 3 is 2.43 bits per heavy atom. The van der Waals surface area contributed by atoms with Crippen LogP contribution in [0.3, 0.4) is 0 Å². The molecular formula is C27H26Cl2N4O2. The summed E-state index contributed by atoms with van der Waals surface area (Å²) in [7, 11) is 0. The van der Waals surface area contributed by atoms with Gasteiger partial charge in [0.2, 0.25) is 5.91 Å². The molecule has 180 valence electrons. The maximum Gasteiger partial charge on any atom is 0.254 e. The lowest BCUT2D eigenvalue weighted by Gasteiger charge is -2.36. The number of carbonyl (C=O) groups excluding carboxylic acids is 2. The number of pyridine rings is 1. The van der Waals surface area contributed by atoms with Crippen molar-refractivity contribution in [1.29, 1.82) is 0 Å². The fraction of sp³-hybridized carbons (Fsp3) is 0.296. The van der Waals surface area contributed by atoms with Crippen molar-refractivity contribution in [3.05, 3.63) is 88.2 Å². The first-order valence-corrected chi connectivity index (χ1v) is 12.5. The fourth-order valence-corrected chi connectivity index (χ4v) is 5.19. The molecule has 0 unspecified atom stereocenters. The van der Waals surface area contributed by atoms with Crippen LogP contribution in [-0.4, -0.2) is 47.9 Å². The van der Waals surface area contributed by atoms with Gasteiger partial charge in [-0.3, -0.25) is 14.6 Å². The maximum atomic E-state index is 13.5. The molecule has 0 N–H and O–H groups in total. The molecule has 8 heteroatoms. The van der Waals surface area contributed by atoms with Crippen LogP contribution in [0.1, 0.15) is 28.8 Å². The molecule has 2 aromatic carbocycles. The molecule has 3 aromatic rings. The molecule has 2 aliphatic rings. The zero-order valence-corrected chi connectivity index (χ0v) is 20.8. The van der Waals surface area contributed by atoms with Crippen molar-refractivity contribution in [3.63, 3.8) is 0 Å². The minimum Gasteiger partial charge on any atom is -0.371 e. The van der Waals surface area contributed by atoms with Crippen LogP contribution in [0.2, 0.25) is 10.0 Å². The minimum atomic E-state index is -0.237. The smallest absolute Gasteiger partial charge is 0.254 e. The van der Waals surface area contributed by atoms with Crippen LogP contribution in [0.5, 0.6) is 0 Å². The Morgan fingerprint density at radius 2 is 1.69 bits per heavy atom. The number of nitrogens with zero attached hydrogens (tertiary/aromatic N) is 4. The summed E-state index contributed by atoms with van der Waals surface area (Å²) in [6.07, 6.45) is 5.64. The summed E-state index contributed by atoms with van der Waals surface area (Å²) in [5.41, 5.74) is 3.45. The third-order valence-corrected chi connectivity index (χ3v) is 7.55. The van der Waals surface area contributed by atoms with Gasteiger partial charge < -0.3 is 14.7 Å². The second kappa shape index (κ2) is 10.3. The first kappa shape index (κ1) is 23.6. The predicted octanol–water partition coefficient (Wildman–Crippen LogP) is 5.29. The molecule has 1 fully saturated rings. The molecule has 2 amide bonds. The lowest BCUT2D eigenvalue weighted by molar-refractivity contribution is -0.119. The lowest BCUT2D eigenvalue weighted by atomic mass is 9.95. The van der Waals surface area contributed by atoms with Crippen molar-refractivity contribution in [2.75, 3.05) is 36.0 Å². The van der Waals surface area contributed by atoms with Gasteiger partial charge in [-0.1, -0.05) is 41.4 Å². The molecule has 35 heavy (non-hydrogen) atoms. The van der Waals surface area contributed by atoms with Gasteiger partial charge in [0.1, 0.15) is 6.54 Å². The van der Waals surface area contributed by atoms with Gasteiger partial charge >= 0.3 is 0 Å². The van der Waals surface area contributed by atoms with Gasteiger partial charge in [0, 0.05) is 55.5 Å². The van der Waals surface area contributed by atoms with Crippen molar-refractivity contribution < 1.29 is 9.59 Å². The molecule has 2 aliphatic heterocycles. The van der Waals surface area contributed by atoms with Crippen LogP contribution in [0.4, 0.5) is 11.4 Å². The predicted molar refractivity (Wildman–Crippen MR) is 139 cm³/mol. The van der Waals surface area contributed by atoms with E-state index in [2.05, 4.69) is 9.88 Å². The molecule has 1 saturated heterocycles. The van der Waals surface area contributed by atoms with Gasteiger partial charge in [0.05, 0.1) is 10.0 Å². The average molecular weight is 509 g/mol. The Balaban J connectivity index is 1.32. The van der Waals surface area contributed by atoms with Crippen LogP contribution in [0.25, 0.3) is 0 Å².